The first-order valence-electron chi connectivity index (χ1n) is 7.75. The number of nitrogens with two attached hydrogens (primary N) is 1. The number of carbonyl (C=O) groups is 1. The highest BCUT2D eigenvalue weighted by Gasteiger charge is 2.29. The quantitative estimate of drug-likeness (QED) is 0.933. The fourth-order valence-corrected chi connectivity index (χ4v) is 3.70. The van der Waals surface area contributed by atoms with Gasteiger partial charge in [-0.05, 0) is 18.8 Å². The molecule has 5 heteroatoms. The first-order chi connectivity index (χ1) is 9.81. The fourth-order valence-electron chi connectivity index (χ4n) is 2.79. The van der Waals surface area contributed by atoms with E-state index in [4.69, 9.17) is 5.73 Å². The first kappa shape index (κ1) is 16.4. The Hall–Kier alpha value is -0.940. The minimum Gasteiger partial charge on any atom is -0.338 e. The lowest BCUT2D eigenvalue weighted by molar-refractivity contribution is -0.134. The van der Waals surface area contributed by atoms with Crippen molar-refractivity contribution in [2.75, 3.05) is 13.1 Å². The number of piperidine rings is 1. The number of carbonyl (C=O) groups excluding carboxylic acids is 1. The number of aromatic nitrogens is 1. The molecule has 21 heavy (non-hydrogen) atoms. The molecule has 2 N–H and O–H groups in total. The Morgan fingerprint density at radius 3 is 2.81 bits per heavy atom. The summed E-state index contributed by atoms with van der Waals surface area (Å²) in [7, 11) is 0. The highest BCUT2D eigenvalue weighted by Crippen LogP contribution is 2.27. The number of amides is 1. The second-order valence-electron chi connectivity index (χ2n) is 7.18. The predicted molar refractivity (Wildman–Crippen MR) is 87.5 cm³/mol. The van der Waals surface area contributed by atoms with Crippen LogP contribution in [-0.4, -0.2) is 34.9 Å². The summed E-state index contributed by atoms with van der Waals surface area (Å²) in [6.07, 6.45) is 2.50. The number of hydrogen-bond acceptors (Lipinski definition) is 4. The second kappa shape index (κ2) is 6.44. The van der Waals surface area contributed by atoms with Crippen LogP contribution in [0.3, 0.4) is 0 Å². The molecule has 4 nitrogen and oxygen atoms in total. The molecule has 1 aliphatic heterocycles. The van der Waals surface area contributed by atoms with Crippen molar-refractivity contribution in [3.05, 3.63) is 16.1 Å². The van der Waals surface area contributed by atoms with Crippen LogP contribution in [0.25, 0.3) is 0 Å². The molecule has 0 saturated carbocycles. The van der Waals surface area contributed by atoms with Crippen LogP contribution < -0.4 is 5.73 Å². The summed E-state index contributed by atoms with van der Waals surface area (Å²) in [4.78, 5) is 19.1. The van der Waals surface area contributed by atoms with E-state index in [1.807, 2.05) is 10.3 Å². The van der Waals surface area contributed by atoms with Crippen molar-refractivity contribution >= 4 is 17.2 Å². The molecular weight excluding hydrogens is 282 g/mol. The van der Waals surface area contributed by atoms with E-state index in [2.05, 4.69) is 32.7 Å². The van der Waals surface area contributed by atoms with Crippen LogP contribution in [0.2, 0.25) is 0 Å². The molecule has 2 atom stereocenters. The third-order valence-electron chi connectivity index (χ3n) is 4.10. The molecule has 1 aromatic rings. The van der Waals surface area contributed by atoms with E-state index in [1.165, 1.54) is 0 Å². The maximum atomic E-state index is 12.5. The van der Waals surface area contributed by atoms with Gasteiger partial charge in [0.25, 0.3) is 0 Å². The second-order valence-corrected chi connectivity index (χ2v) is 8.04. The van der Waals surface area contributed by atoms with E-state index in [9.17, 15) is 4.79 Å². The third kappa shape index (κ3) is 4.04. The van der Waals surface area contributed by atoms with Crippen molar-refractivity contribution < 1.29 is 4.79 Å². The van der Waals surface area contributed by atoms with E-state index in [-0.39, 0.29) is 17.4 Å². The Kier molecular flexibility index (Phi) is 5.04. The maximum Gasteiger partial charge on any atom is 0.228 e. The van der Waals surface area contributed by atoms with Gasteiger partial charge in [-0.25, -0.2) is 4.98 Å². The van der Waals surface area contributed by atoms with Gasteiger partial charge < -0.3 is 10.6 Å². The van der Waals surface area contributed by atoms with Crippen LogP contribution in [0.5, 0.6) is 0 Å². The van der Waals surface area contributed by atoms with Gasteiger partial charge in [0.15, 0.2) is 0 Å². The summed E-state index contributed by atoms with van der Waals surface area (Å²) in [5.74, 6) is 0.831. The standard InChI is InChI=1S/C16H27N3OS/c1-11-5-6-19(13(7-11)9-17)14(20)8-12-10-21-15(18-12)16(2,3)4/h10-11,13H,5-9,17H2,1-4H3. The normalized spacial score (nSPS) is 23.4. The summed E-state index contributed by atoms with van der Waals surface area (Å²) in [6.45, 7) is 10.1. The zero-order valence-corrected chi connectivity index (χ0v) is 14.4. The van der Waals surface area contributed by atoms with Crippen LogP contribution >= 0.6 is 11.3 Å². The van der Waals surface area contributed by atoms with E-state index in [1.54, 1.807) is 11.3 Å². The van der Waals surface area contributed by atoms with Crippen molar-refractivity contribution in [2.45, 2.75) is 58.4 Å². The highest BCUT2D eigenvalue weighted by molar-refractivity contribution is 7.09. The molecule has 1 aliphatic rings. The molecule has 1 amide bonds. The average Bonchev–Trinajstić information content (AvgIpc) is 2.86. The molecule has 1 fully saturated rings. The van der Waals surface area contributed by atoms with Gasteiger partial charge in [-0.15, -0.1) is 11.3 Å². The predicted octanol–water partition coefficient (Wildman–Crippen LogP) is 2.57. The third-order valence-corrected chi connectivity index (χ3v) is 5.41. The number of hydrogen-bond donors (Lipinski definition) is 1. The Balaban J connectivity index is 2.02. The molecule has 0 aromatic carbocycles. The summed E-state index contributed by atoms with van der Waals surface area (Å²) in [5, 5.41) is 3.11. The number of rotatable bonds is 3. The van der Waals surface area contributed by atoms with E-state index >= 15 is 0 Å². The van der Waals surface area contributed by atoms with Gasteiger partial charge in [0, 0.05) is 29.9 Å². The van der Waals surface area contributed by atoms with Crippen molar-refractivity contribution in [1.29, 1.82) is 0 Å². The summed E-state index contributed by atoms with van der Waals surface area (Å²) < 4.78 is 0. The molecule has 0 bridgehead atoms. The maximum absolute atomic E-state index is 12.5. The zero-order valence-electron chi connectivity index (χ0n) is 13.6. The minimum atomic E-state index is 0.0479. The van der Waals surface area contributed by atoms with Gasteiger partial charge in [-0.1, -0.05) is 27.7 Å². The molecule has 0 spiro atoms. The molecule has 2 heterocycles. The smallest absolute Gasteiger partial charge is 0.228 e. The number of likely N-dealkylation sites (tertiary alicyclic amines) is 1. The van der Waals surface area contributed by atoms with Gasteiger partial charge >= 0.3 is 0 Å². The van der Waals surface area contributed by atoms with Crippen molar-refractivity contribution in [3.63, 3.8) is 0 Å². The van der Waals surface area contributed by atoms with Gasteiger partial charge in [0.05, 0.1) is 17.1 Å². The van der Waals surface area contributed by atoms with Gasteiger partial charge in [-0.3, -0.25) is 4.79 Å². The van der Waals surface area contributed by atoms with Crippen LogP contribution in [0.15, 0.2) is 5.38 Å². The zero-order chi connectivity index (χ0) is 15.6. The Morgan fingerprint density at radius 1 is 1.52 bits per heavy atom. The Labute approximate surface area is 131 Å². The summed E-state index contributed by atoms with van der Waals surface area (Å²) in [5.41, 5.74) is 6.78. The monoisotopic (exact) mass is 309 g/mol. The van der Waals surface area contributed by atoms with Crippen molar-refractivity contribution in [1.82, 2.24) is 9.88 Å². The topological polar surface area (TPSA) is 59.2 Å². The lowest BCUT2D eigenvalue weighted by atomic mass is 9.92. The molecule has 0 radical (unpaired) electrons. The fraction of sp³-hybridized carbons (Fsp3) is 0.750. The Morgan fingerprint density at radius 2 is 2.24 bits per heavy atom. The van der Waals surface area contributed by atoms with E-state index in [0.717, 1.165) is 30.1 Å². The van der Waals surface area contributed by atoms with E-state index < -0.39 is 0 Å². The molecular formula is C16H27N3OS. The van der Waals surface area contributed by atoms with E-state index in [0.29, 0.717) is 18.9 Å². The molecule has 1 aromatic heterocycles. The SMILES string of the molecule is CC1CCN(C(=O)Cc2csc(C(C)(C)C)n2)C(CN)C1. The van der Waals surface area contributed by atoms with Crippen molar-refractivity contribution in [3.8, 4) is 0 Å². The van der Waals surface area contributed by atoms with Crippen LogP contribution in [0.4, 0.5) is 0 Å². The van der Waals surface area contributed by atoms with Crippen LogP contribution in [-0.2, 0) is 16.6 Å². The lowest BCUT2D eigenvalue weighted by Crippen LogP contribution is -2.49. The van der Waals surface area contributed by atoms with Crippen LogP contribution in [0, 0.1) is 5.92 Å². The molecule has 118 valence electrons. The Bertz CT molecular complexity index is 492. The van der Waals surface area contributed by atoms with Gasteiger partial charge in [0.2, 0.25) is 5.91 Å². The molecule has 1 saturated heterocycles. The summed E-state index contributed by atoms with van der Waals surface area (Å²) >= 11 is 1.65. The van der Waals surface area contributed by atoms with Gasteiger partial charge in [-0.2, -0.15) is 0 Å². The molecule has 2 unspecified atom stereocenters. The minimum absolute atomic E-state index is 0.0479. The highest BCUT2D eigenvalue weighted by atomic mass is 32.1. The molecule has 0 aliphatic carbocycles. The largest absolute Gasteiger partial charge is 0.338 e. The lowest BCUT2D eigenvalue weighted by Gasteiger charge is -2.38. The molecule has 2 rings (SSSR count). The van der Waals surface area contributed by atoms with Crippen LogP contribution in [0.1, 0.15) is 51.2 Å². The summed E-state index contributed by atoms with van der Waals surface area (Å²) in [6, 6.07) is 0.196. The van der Waals surface area contributed by atoms with Crippen molar-refractivity contribution in [2.24, 2.45) is 11.7 Å². The van der Waals surface area contributed by atoms with Gasteiger partial charge in [0.1, 0.15) is 0 Å². The first-order valence-corrected chi connectivity index (χ1v) is 8.63. The average molecular weight is 309 g/mol. The number of nitrogens with zero attached hydrogens (tertiary/aromatic N) is 2. The number of thiazole rings is 1.